The van der Waals surface area contributed by atoms with Gasteiger partial charge in [-0.3, -0.25) is 4.79 Å². The van der Waals surface area contributed by atoms with Gasteiger partial charge < -0.3 is 9.40 Å². The number of thioether (sulfide) groups is 1. The molecule has 7 nitrogen and oxygen atoms in total. The quantitative estimate of drug-likeness (QED) is 0.276. The number of nitrogens with one attached hydrogen (secondary N) is 1. The van der Waals surface area contributed by atoms with Crippen molar-refractivity contribution in [1.29, 1.82) is 0 Å². The third-order valence-corrected chi connectivity index (χ3v) is 9.17. The molecule has 0 radical (unpaired) electrons. The predicted molar refractivity (Wildman–Crippen MR) is 132 cm³/mol. The normalized spacial score (nSPS) is 18.3. The van der Waals surface area contributed by atoms with Crippen LogP contribution in [0.1, 0.15) is 46.0 Å². The highest BCUT2D eigenvalue weighted by atomic mass is 32.2. The molecule has 1 saturated heterocycles. The topological polar surface area (TPSA) is 106 Å². The molecule has 2 aromatic carbocycles. The molecule has 1 N–H and O–H groups in total. The molecule has 1 aliphatic heterocycles. The Morgan fingerprint density at radius 3 is 2.74 bits per heavy atom. The number of hydrogen-bond donors (Lipinski definition) is 1. The van der Waals surface area contributed by atoms with Gasteiger partial charge in [-0.15, -0.1) is 10.2 Å². The van der Waals surface area contributed by atoms with Crippen LogP contribution in [0.15, 0.2) is 64.4 Å². The summed E-state index contributed by atoms with van der Waals surface area (Å²) in [6.45, 7) is 2.09. The number of H-pyrrole nitrogens is 1. The van der Waals surface area contributed by atoms with Gasteiger partial charge in [0, 0.05) is 29.1 Å². The Labute approximate surface area is 202 Å². The molecule has 0 spiro atoms. The smallest absolute Gasteiger partial charge is 0.277 e. The molecule has 2 aromatic heterocycles. The summed E-state index contributed by atoms with van der Waals surface area (Å²) in [5, 5.41) is 8.91. The van der Waals surface area contributed by atoms with Gasteiger partial charge in [0.15, 0.2) is 15.6 Å². The molecule has 176 valence electrons. The van der Waals surface area contributed by atoms with E-state index in [9.17, 15) is 13.2 Å². The summed E-state index contributed by atoms with van der Waals surface area (Å²) in [5.74, 6) is 0.723. The fraction of sp³-hybridized carbons (Fsp3) is 0.320. The Morgan fingerprint density at radius 1 is 1.18 bits per heavy atom. The second kappa shape index (κ2) is 9.38. The fourth-order valence-corrected chi connectivity index (χ4v) is 7.33. The molecule has 2 atom stereocenters. The summed E-state index contributed by atoms with van der Waals surface area (Å²) in [6.07, 6.45) is 3.69. The molecule has 3 heterocycles. The van der Waals surface area contributed by atoms with E-state index in [0.717, 1.165) is 28.5 Å². The van der Waals surface area contributed by atoms with E-state index >= 15 is 0 Å². The molecule has 9 heteroatoms. The Bertz CT molecular complexity index is 1430. The van der Waals surface area contributed by atoms with E-state index in [-0.39, 0.29) is 23.2 Å². The first-order valence-electron chi connectivity index (χ1n) is 11.3. The number of fused-ring (bicyclic) bond motifs is 1. The molecule has 4 aromatic rings. The number of aryl methyl sites for hydroxylation is 1. The number of carbonyl (C=O) groups excluding carboxylic acids is 1. The number of nitrogens with zero attached hydrogens (tertiary/aromatic N) is 2. The third-order valence-electron chi connectivity index (χ3n) is 6.25. The zero-order valence-electron chi connectivity index (χ0n) is 18.7. The van der Waals surface area contributed by atoms with Crippen LogP contribution in [0.25, 0.3) is 10.9 Å². The molecule has 0 aliphatic carbocycles. The zero-order chi connectivity index (χ0) is 23.7. The van der Waals surface area contributed by atoms with E-state index in [1.54, 1.807) is 6.20 Å². The summed E-state index contributed by atoms with van der Waals surface area (Å²) in [4.78, 5) is 17.1. The van der Waals surface area contributed by atoms with Gasteiger partial charge in [-0.25, -0.2) is 8.42 Å². The Morgan fingerprint density at radius 2 is 2.00 bits per heavy atom. The molecular formula is C25H25N3O4S2. The standard InChI is InChI=1S/C25H25N3O4S2/c1-2-17-9-6-10-19-20(14-26-22(17)19)23(29)24(18-7-4-3-5-8-18)33-25-28-27-21(32-25)13-16-11-12-34(30,31)15-16/h3-10,14,16,24,26H,2,11-13,15H2,1H3/t16-,24-/m1/s1. The maximum absolute atomic E-state index is 13.8. The predicted octanol–water partition coefficient (Wildman–Crippen LogP) is 4.81. The van der Waals surface area contributed by atoms with Crippen molar-refractivity contribution in [2.75, 3.05) is 11.5 Å². The van der Waals surface area contributed by atoms with Crippen molar-refractivity contribution in [1.82, 2.24) is 15.2 Å². The Kier molecular flexibility index (Phi) is 6.31. The molecule has 34 heavy (non-hydrogen) atoms. The lowest BCUT2D eigenvalue weighted by Crippen LogP contribution is -2.09. The number of rotatable bonds is 8. The average Bonchev–Trinajstić information content (AvgIpc) is 3.56. The average molecular weight is 496 g/mol. The molecule has 0 unspecified atom stereocenters. The number of ketones is 1. The van der Waals surface area contributed by atoms with Crippen molar-refractivity contribution in [3.8, 4) is 0 Å². The highest BCUT2D eigenvalue weighted by Gasteiger charge is 2.31. The molecular weight excluding hydrogens is 470 g/mol. The van der Waals surface area contributed by atoms with Crippen LogP contribution < -0.4 is 0 Å². The molecule has 0 bridgehead atoms. The van der Waals surface area contributed by atoms with E-state index in [2.05, 4.69) is 28.2 Å². The van der Waals surface area contributed by atoms with Gasteiger partial charge in [0.2, 0.25) is 5.89 Å². The number of carbonyl (C=O) groups is 1. The van der Waals surface area contributed by atoms with Crippen LogP contribution in [0.5, 0.6) is 0 Å². The van der Waals surface area contributed by atoms with Crippen molar-refractivity contribution in [3.63, 3.8) is 0 Å². The lowest BCUT2D eigenvalue weighted by molar-refractivity contribution is 0.0990. The van der Waals surface area contributed by atoms with Gasteiger partial charge in [0.1, 0.15) is 5.25 Å². The van der Waals surface area contributed by atoms with Gasteiger partial charge in [0.05, 0.1) is 11.5 Å². The minimum absolute atomic E-state index is 0.00571. The van der Waals surface area contributed by atoms with E-state index in [0.29, 0.717) is 29.5 Å². The largest absolute Gasteiger partial charge is 0.416 e. The van der Waals surface area contributed by atoms with Crippen molar-refractivity contribution in [2.45, 2.75) is 36.7 Å². The second-order valence-corrected chi connectivity index (χ2v) is 11.9. The number of aromatic nitrogens is 3. The number of hydrogen-bond acceptors (Lipinski definition) is 7. The van der Waals surface area contributed by atoms with Crippen LogP contribution in [0.4, 0.5) is 0 Å². The molecule has 1 aliphatic rings. The zero-order valence-corrected chi connectivity index (χ0v) is 20.4. The third kappa shape index (κ3) is 4.67. The first-order chi connectivity index (χ1) is 16.4. The lowest BCUT2D eigenvalue weighted by Gasteiger charge is -2.13. The van der Waals surface area contributed by atoms with Crippen LogP contribution in [0.2, 0.25) is 0 Å². The molecule has 1 fully saturated rings. The maximum atomic E-state index is 13.8. The van der Waals surface area contributed by atoms with Crippen LogP contribution in [-0.4, -0.2) is 40.9 Å². The van der Waals surface area contributed by atoms with Gasteiger partial charge in [0.25, 0.3) is 5.22 Å². The fourth-order valence-electron chi connectivity index (χ4n) is 4.51. The van der Waals surface area contributed by atoms with Crippen LogP contribution >= 0.6 is 11.8 Å². The van der Waals surface area contributed by atoms with Gasteiger partial charge in [-0.05, 0) is 41.6 Å². The van der Waals surface area contributed by atoms with E-state index < -0.39 is 15.1 Å². The van der Waals surface area contributed by atoms with Gasteiger partial charge in [-0.2, -0.15) is 0 Å². The minimum atomic E-state index is -2.97. The van der Waals surface area contributed by atoms with Crippen LogP contribution in [0.3, 0.4) is 0 Å². The minimum Gasteiger partial charge on any atom is -0.416 e. The van der Waals surface area contributed by atoms with Crippen LogP contribution in [0, 0.1) is 5.92 Å². The number of aromatic amines is 1. The molecule has 0 saturated carbocycles. The number of benzene rings is 2. The first kappa shape index (κ1) is 22.9. The second-order valence-electron chi connectivity index (χ2n) is 8.60. The SMILES string of the molecule is CCc1cccc2c(C(=O)[C@H](Sc3nnc(C[C@H]4CCS(=O)(=O)C4)o3)c3ccccc3)c[nH]c12. The molecule has 5 rings (SSSR count). The van der Waals surface area contributed by atoms with Crippen molar-refractivity contribution >= 4 is 38.3 Å². The monoisotopic (exact) mass is 495 g/mol. The Hall–Kier alpha value is -2.91. The summed E-state index contributed by atoms with van der Waals surface area (Å²) in [5.41, 5.74) is 3.62. The summed E-state index contributed by atoms with van der Waals surface area (Å²) >= 11 is 1.22. The summed E-state index contributed by atoms with van der Waals surface area (Å²) in [6, 6.07) is 15.6. The maximum Gasteiger partial charge on any atom is 0.277 e. The summed E-state index contributed by atoms with van der Waals surface area (Å²) in [7, 11) is -2.97. The lowest BCUT2D eigenvalue weighted by atomic mass is 10.0. The number of Topliss-reactive ketones (excluding diaryl/α,β-unsaturated/α-hetero) is 1. The molecule has 0 amide bonds. The van der Waals surface area contributed by atoms with Crippen molar-refractivity contribution in [3.05, 3.63) is 77.3 Å². The van der Waals surface area contributed by atoms with Gasteiger partial charge in [-0.1, -0.05) is 55.5 Å². The Balaban J connectivity index is 1.42. The van der Waals surface area contributed by atoms with Gasteiger partial charge >= 0.3 is 0 Å². The van der Waals surface area contributed by atoms with E-state index in [1.807, 2.05) is 42.5 Å². The van der Waals surface area contributed by atoms with Crippen LogP contribution in [-0.2, 0) is 22.7 Å². The van der Waals surface area contributed by atoms with Crippen molar-refractivity contribution < 1.29 is 17.6 Å². The van der Waals surface area contributed by atoms with Crippen molar-refractivity contribution in [2.24, 2.45) is 5.92 Å². The van der Waals surface area contributed by atoms with E-state index in [1.165, 1.54) is 11.8 Å². The highest BCUT2D eigenvalue weighted by molar-refractivity contribution is 8.00. The summed E-state index contributed by atoms with van der Waals surface area (Å²) < 4.78 is 29.3. The highest BCUT2D eigenvalue weighted by Crippen LogP contribution is 2.39. The number of sulfone groups is 1. The van der Waals surface area contributed by atoms with E-state index in [4.69, 9.17) is 4.42 Å². The number of para-hydroxylation sites is 1. The first-order valence-corrected chi connectivity index (χ1v) is 14.0.